The van der Waals surface area contributed by atoms with Crippen molar-refractivity contribution in [1.82, 2.24) is 10.2 Å². The van der Waals surface area contributed by atoms with Crippen LogP contribution in [0.3, 0.4) is 0 Å². The van der Waals surface area contributed by atoms with Crippen molar-refractivity contribution in [2.45, 2.75) is 77.3 Å². The molecule has 0 aromatic rings. The van der Waals surface area contributed by atoms with Crippen molar-refractivity contribution in [3.8, 4) is 0 Å². The molecular weight excluding hydrogens is 256 g/mol. The predicted molar refractivity (Wildman–Crippen MR) is 88.3 cm³/mol. The van der Waals surface area contributed by atoms with E-state index in [0.29, 0.717) is 0 Å². The minimum Gasteiger partial charge on any atom is -0.311 e. The van der Waals surface area contributed by atoms with Crippen LogP contribution in [0.15, 0.2) is 0 Å². The third-order valence-corrected chi connectivity index (χ3v) is 7.28. The summed E-state index contributed by atoms with van der Waals surface area (Å²) in [5, 5.41) is 3.77. The molecule has 2 nitrogen and oxygen atoms in total. The molecule has 0 aromatic carbocycles. The van der Waals surface area contributed by atoms with Gasteiger partial charge in [0.05, 0.1) is 0 Å². The van der Waals surface area contributed by atoms with E-state index in [0.717, 1.165) is 35.3 Å². The lowest BCUT2D eigenvalue weighted by Gasteiger charge is -2.59. The second-order valence-corrected chi connectivity index (χ2v) is 8.92. The largest absolute Gasteiger partial charge is 0.311 e. The van der Waals surface area contributed by atoms with Gasteiger partial charge < -0.3 is 5.32 Å². The van der Waals surface area contributed by atoms with E-state index in [1.54, 1.807) is 38.5 Å². The Morgan fingerprint density at radius 3 is 2.10 bits per heavy atom. The number of nitrogens with zero attached hydrogens (tertiary/aromatic N) is 1. The summed E-state index contributed by atoms with van der Waals surface area (Å²) < 4.78 is 0. The second kappa shape index (κ2) is 5.53. The summed E-state index contributed by atoms with van der Waals surface area (Å²) in [6.45, 7) is 8.67. The maximum atomic E-state index is 3.77. The van der Waals surface area contributed by atoms with Crippen molar-refractivity contribution in [1.29, 1.82) is 0 Å². The summed E-state index contributed by atoms with van der Waals surface area (Å²) in [4.78, 5) is 2.90. The Bertz CT molecular complexity index is 342. The lowest BCUT2D eigenvalue weighted by Crippen LogP contribution is -2.60. The molecule has 0 radical (unpaired) electrons. The van der Waals surface area contributed by atoms with Crippen LogP contribution in [0.25, 0.3) is 0 Å². The lowest BCUT2D eigenvalue weighted by atomic mass is 9.49. The van der Waals surface area contributed by atoms with E-state index in [9.17, 15) is 0 Å². The molecule has 1 N–H and O–H groups in total. The highest BCUT2D eigenvalue weighted by Crippen LogP contribution is 2.60. The van der Waals surface area contributed by atoms with Crippen LogP contribution < -0.4 is 5.32 Å². The molecule has 0 spiro atoms. The van der Waals surface area contributed by atoms with Gasteiger partial charge in [0.2, 0.25) is 0 Å². The first-order valence-corrected chi connectivity index (χ1v) is 9.67. The van der Waals surface area contributed by atoms with Gasteiger partial charge in [0.25, 0.3) is 0 Å². The van der Waals surface area contributed by atoms with Crippen LogP contribution in [0.2, 0.25) is 0 Å². The van der Waals surface area contributed by atoms with Gasteiger partial charge in [0, 0.05) is 31.7 Å². The van der Waals surface area contributed by atoms with Gasteiger partial charge in [-0.3, -0.25) is 4.90 Å². The number of rotatable bonds is 4. The molecule has 0 aromatic heterocycles. The topological polar surface area (TPSA) is 15.3 Å². The number of piperazine rings is 1. The predicted octanol–water partition coefficient (Wildman–Crippen LogP) is 3.67. The van der Waals surface area contributed by atoms with Crippen molar-refractivity contribution >= 4 is 0 Å². The molecule has 2 atom stereocenters. The van der Waals surface area contributed by atoms with E-state index in [-0.39, 0.29) is 0 Å². The van der Waals surface area contributed by atoms with Crippen molar-refractivity contribution in [3.05, 3.63) is 0 Å². The van der Waals surface area contributed by atoms with Crippen LogP contribution in [-0.4, -0.2) is 36.6 Å². The Balaban J connectivity index is 1.48. The molecule has 5 rings (SSSR count). The van der Waals surface area contributed by atoms with Crippen LogP contribution in [0, 0.1) is 23.2 Å². The molecule has 4 aliphatic carbocycles. The van der Waals surface area contributed by atoms with Crippen molar-refractivity contribution < 1.29 is 0 Å². The molecule has 4 saturated carbocycles. The standard InChI is InChI=1S/C19H34N2/c1-3-17-12-21(18(4-2)11-20-17)13-19-8-14-5-15(9-19)7-16(6-14)10-19/h14-18,20H,3-13H2,1-2H3. The maximum Gasteiger partial charge on any atom is 0.0219 e. The van der Waals surface area contributed by atoms with E-state index in [1.165, 1.54) is 32.5 Å². The number of hydrogen-bond donors (Lipinski definition) is 1. The van der Waals surface area contributed by atoms with Crippen LogP contribution in [0.4, 0.5) is 0 Å². The van der Waals surface area contributed by atoms with Gasteiger partial charge in [-0.05, 0) is 74.5 Å². The number of hydrogen-bond acceptors (Lipinski definition) is 2. The smallest absolute Gasteiger partial charge is 0.0219 e. The molecule has 0 amide bonds. The molecule has 2 heteroatoms. The highest BCUT2D eigenvalue weighted by molar-refractivity contribution is 5.03. The summed E-state index contributed by atoms with van der Waals surface area (Å²) in [6.07, 6.45) is 12.0. The van der Waals surface area contributed by atoms with Crippen LogP contribution in [-0.2, 0) is 0 Å². The molecule has 120 valence electrons. The summed E-state index contributed by atoms with van der Waals surface area (Å²) in [5.41, 5.74) is 0.720. The van der Waals surface area contributed by atoms with Crippen molar-refractivity contribution in [3.63, 3.8) is 0 Å². The second-order valence-electron chi connectivity index (χ2n) is 8.92. The zero-order valence-electron chi connectivity index (χ0n) is 14.1. The molecule has 5 aliphatic rings. The van der Waals surface area contributed by atoms with Gasteiger partial charge in [0.15, 0.2) is 0 Å². The first-order chi connectivity index (χ1) is 10.2. The Morgan fingerprint density at radius 1 is 0.952 bits per heavy atom. The third kappa shape index (κ3) is 2.67. The minimum atomic E-state index is 0.720. The van der Waals surface area contributed by atoms with Gasteiger partial charge in [-0.1, -0.05) is 13.8 Å². The van der Waals surface area contributed by atoms with Crippen LogP contribution >= 0.6 is 0 Å². The average molecular weight is 290 g/mol. The average Bonchev–Trinajstić information content (AvgIpc) is 2.45. The molecule has 5 fully saturated rings. The summed E-state index contributed by atoms with van der Waals surface area (Å²) in [6, 6.07) is 1.53. The first-order valence-electron chi connectivity index (χ1n) is 9.67. The van der Waals surface area contributed by atoms with Gasteiger partial charge >= 0.3 is 0 Å². The maximum absolute atomic E-state index is 3.77. The molecule has 1 aliphatic heterocycles. The zero-order chi connectivity index (χ0) is 14.4. The quantitative estimate of drug-likeness (QED) is 0.850. The normalized spacial score (nSPS) is 49.7. The highest BCUT2D eigenvalue weighted by atomic mass is 15.2. The fourth-order valence-corrected chi connectivity index (χ4v) is 6.71. The summed E-state index contributed by atoms with van der Waals surface area (Å²) in [5.74, 6) is 3.30. The van der Waals surface area contributed by atoms with E-state index in [4.69, 9.17) is 0 Å². The van der Waals surface area contributed by atoms with Gasteiger partial charge in [-0.2, -0.15) is 0 Å². The van der Waals surface area contributed by atoms with Crippen molar-refractivity contribution in [2.24, 2.45) is 23.2 Å². The molecule has 21 heavy (non-hydrogen) atoms. The molecule has 2 unspecified atom stereocenters. The van der Waals surface area contributed by atoms with Gasteiger partial charge in [-0.15, -0.1) is 0 Å². The molecule has 1 saturated heterocycles. The SMILES string of the molecule is CCC1CN(CC23CC4CC(CC(C4)C2)C3)C(CC)CN1. The fourth-order valence-electron chi connectivity index (χ4n) is 6.71. The summed E-state index contributed by atoms with van der Waals surface area (Å²) >= 11 is 0. The highest BCUT2D eigenvalue weighted by Gasteiger charge is 2.51. The Kier molecular flexibility index (Phi) is 3.82. The Hall–Kier alpha value is -0.0800. The zero-order valence-corrected chi connectivity index (χ0v) is 14.1. The lowest BCUT2D eigenvalue weighted by molar-refractivity contribution is -0.0790. The molecule has 1 heterocycles. The Labute approximate surface area is 131 Å². The van der Waals surface area contributed by atoms with E-state index in [1.807, 2.05) is 0 Å². The molecule has 4 bridgehead atoms. The monoisotopic (exact) mass is 290 g/mol. The van der Waals surface area contributed by atoms with Gasteiger partial charge in [0.1, 0.15) is 0 Å². The van der Waals surface area contributed by atoms with Crippen molar-refractivity contribution in [2.75, 3.05) is 19.6 Å². The fraction of sp³-hybridized carbons (Fsp3) is 1.00. The Morgan fingerprint density at radius 2 is 1.57 bits per heavy atom. The van der Waals surface area contributed by atoms with E-state index >= 15 is 0 Å². The third-order valence-electron chi connectivity index (χ3n) is 7.28. The van der Waals surface area contributed by atoms with Crippen LogP contribution in [0.1, 0.15) is 65.2 Å². The summed E-state index contributed by atoms with van der Waals surface area (Å²) in [7, 11) is 0. The minimum absolute atomic E-state index is 0.720. The van der Waals surface area contributed by atoms with E-state index < -0.39 is 0 Å². The van der Waals surface area contributed by atoms with Gasteiger partial charge in [-0.25, -0.2) is 0 Å². The van der Waals surface area contributed by atoms with Crippen LogP contribution in [0.5, 0.6) is 0 Å². The van der Waals surface area contributed by atoms with E-state index in [2.05, 4.69) is 24.1 Å². The number of nitrogens with one attached hydrogen (secondary N) is 1. The molecular formula is C19H34N2. The first kappa shape index (κ1) is 14.5.